The largest absolute Gasteiger partial charge is 0.508 e. The van der Waals surface area contributed by atoms with Crippen LogP contribution in [0.3, 0.4) is 0 Å². The van der Waals surface area contributed by atoms with Crippen molar-refractivity contribution in [3.05, 3.63) is 24.1 Å². The summed E-state index contributed by atoms with van der Waals surface area (Å²) >= 11 is 0. The van der Waals surface area contributed by atoms with Gasteiger partial charge < -0.3 is 14.3 Å². The molecule has 14 heavy (non-hydrogen) atoms. The molecule has 0 spiro atoms. The van der Waals surface area contributed by atoms with Crippen molar-refractivity contribution < 1.29 is 19.1 Å². The lowest BCUT2D eigenvalue weighted by atomic mass is 10.3. The molecule has 0 aliphatic rings. The smallest absolute Gasteiger partial charge is 0.394 e. The molecule has 72 valence electrons. The predicted octanol–water partition coefficient (Wildman–Crippen LogP) is 1.32. The minimum absolute atomic E-state index is 0.0715. The number of nitrogens with zero attached hydrogens (tertiary/aromatic N) is 1. The predicted molar refractivity (Wildman–Crippen MR) is 47.0 cm³/mol. The molecule has 0 bridgehead atoms. The van der Waals surface area contributed by atoms with E-state index in [1.807, 2.05) is 0 Å². The third-order valence-corrected chi connectivity index (χ3v) is 1.73. The molecule has 2 aromatic rings. The summed E-state index contributed by atoms with van der Waals surface area (Å²) in [6.07, 6.45) is 0. The van der Waals surface area contributed by atoms with Gasteiger partial charge in [-0.15, -0.1) is 0 Å². The molecular weight excluding hydrogens is 186 g/mol. The zero-order chi connectivity index (χ0) is 10.1. The normalized spacial score (nSPS) is 10.4. The van der Waals surface area contributed by atoms with Crippen LogP contribution in [0.25, 0.3) is 11.1 Å². The molecule has 0 aliphatic carbocycles. The first-order valence-corrected chi connectivity index (χ1v) is 3.88. The van der Waals surface area contributed by atoms with Gasteiger partial charge in [0.15, 0.2) is 5.58 Å². The van der Waals surface area contributed by atoms with Crippen molar-refractivity contribution in [1.82, 2.24) is 4.98 Å². The first-order chi connectivity index (χ1) is 6.70. The molecule has 0 amide bonds. The molecule has 1 aromatic heterocycles. The third-order valence-electron chi connectivity index (χ3n) is 1.73. The van der Waals surface area contributed by atoms with Crippen molar-refractivity contribution in [3.63, 3.8) is 0 Å². The highest BCUT2D eigenvalue weighted by molar-refractivity contribution is 5.88. The number of oxazole rings is 1. The Morgan fingerprint density at radius 3 is 3.07 bits per heavy atom. The van der Waals surface area contributed by atoms with E-state index in [1.165, 1.54) is 25.3 Å². The highest BCUT2D eigenvalue weighted by atomic mass is 16.5. The maximum atomic E-state index is 11.0. The van der Waals surface area contributed by atoms with E-state index in [-0.39, 0.29) is 11.6 Å². The van der Waals surface area contributed by atoms with Crippen LogP contribution in [0, 0.1) is 0 Å². The van der Waals surface area contributed by atoms with Gasteiger partial charge in [0.1, 0.15) is 11.3 Å². The number of benzene rings is 1. The van der Waals surface area contributed by atoms with Gasteiger partial charge in [0, 0.05) is 6.07 Å². The fourth-order valence-corrected chi connectivity index (χ4v) is 1.09. The number of hydrogen-bond acceptors (Lipinski definition) is 5. The van der Waals surface area contributed by atoms with E-state index < -0.39 is 5.97 Å². The van der Waals surface area contributed by atoms with E-state index in [2.05, 4.69) is 9.72 Å². The SMILES string of the molecule is COC(=O)c1nc2cc(O)ccc2o1. The van der Waals surface area contributed by atoms with Crippen LogP contribution >= 0.6 is 0 Å². The van der Waals surface area contributed by atoms with Crippen LogP contribution in [0.1, 0.15) is 10.7 Å². The number of aromatic nitrogens is 1. The van der Waals surface area contributed by atoms with Gasteiger partial charge >= 0.3 is 11.9 Å². The van der Waals surface area contributed by atoms with Crippen LogP contribution in [0.5, 0.6) is 5.75 Å². The lowest BCUT2D eigenvalue weighted by Crippen LogP contribution is -2.00. The van der Waals surface area contributed by atoms with E-state index in [1.54, 1.807) is 0 Å². The molecule has 0 saturated heterocycles. The van der Waals surface area contributed by atoms with Crippen molar-refractivity contribution >= 4 is 17.1 Å². The Labute approximate surface area is 78.9 Å². The molecular formula is C9H7NO4. The van der Waals surface area contributed by atoms with Crippen molar-refractivity contribution in [2.75, 3.05) is 7.11 Å². The number of hydrogen-bond donors (Lipinski definition) is 1. The summed E-state index contributed by atoms with van der Waals surface area (Å²) in [5.41, 5.74) is 0.855. The fraction of sp³-hybridized carbons (Fsp3) is 0.111. The number of esters is 1. The minimum atomic E-state index is -0.638. The van der Waals surface area contributed by atoms with E-state index in [9.17, 15) is 4.79 Å². The van der Waals surface area contributed by atoms with Crippen molar-refractivity contribution in [2.24, 2.45) is 0 Å². The molecule has 5 heteroatoms. The maximum absolute atomic E-state index is 11.0. The van der Waals surface area contributed by atoms with Crippen LogP contribution in [0.2, 0.25) is 0 Å². The topological polar surface area (TPSA) is 72.6 Å². The number of methoxy groups -OCH3 is 1. The van der Waals surface area contributed by atoms with Gasteiger partial charge in [0.05, 0.1) is 7.11 Å². The van der Waals surface area contributed by atoms with E-state index in [0.29, 0.717) is 11.1 Å². The van der Waals surface area contributed by atoms with Gasteiger partial charge in [-0.25, -0.2) is 9.78 Å². The number of ether oxygens (including phenoxy) is 1. The molecule has 1 N–H and O–H groups in total. The highest BCUT2D eigenvalue weighted by Crippen LogP contribution is 2.20. The second-order valence-electron chi connectivity index (χ2n) is 2.66. The Bertz CT molecular complexity index is 489. The van der Waals surface area contributed by atoms with Crippen molar-refractivity contribution in [1.29, 1.82) is 0 Å². The van der Waals surface area contributed by atoms with E-state index >= 15 is 0 Å². The Morgan fingerprint density at radius 2 is 2.36 bits per heavy atom. The molecule has 0 fully saturated rings. The van der Waals surface area contributed by atoms with Gasteiger partial charge in [-0.1, -0.05) is 0 Å². The van der Waals surface area contributed by atoms with Gasteiger partial charge in [0.25, 0.3) is 0 Å². The van der Waals surface area contributed by atoms with Crippen LogP contribution in [0.15, 0.2) is 22.6 Å². The van der Waals surface area contributed by atoms with Gasteiger partial charge in [-0.2, -0.15) is 0 Å². The molecule has 1 aromatic carbocycles. The van der Waals surface area contributed by atoms with Crippen LogP contribution in [-0.2, 0) is 4.74 Å². The molecule has 0 radical (unpaired) electrons. The third kappa shape index (κ3) is 1.28. The van der Waals surface area contributed by atoms with Crippen LogP contribution < -0.4 is 0 Å². The summed E-state index contributed by atoms with van der Waals surface area (Å²) in [4.78, 5) is 14.9. The number of carbonyl (C=O) groups is 1. The number of phenolic OH excluding ortho intramolecular Hbond substituents is 1. The molecule has 0 saturated carbocycles. The second kappa shape index (κ2) is 3.02. The Kier molecular flexibility index (Phi) is 1.85. The fourth-order valence-electron chi connectivity index (χ4n) is 1.09. The molecule has 1 heterocycles. The van der Waals surface area contributed by atoms with Crippen molar-refractivity contribution in [3.8, 4) is 5.75 Å². The first-order valence-electron chi connectivity index (χ1n) is 3.88. The quantitative estimate of drug-likeness (QED) is 0.691. The number of carbonyl (C=O) groups excluding carboxylic acids is 1. The Morgan fingerprint density at radius 1 is 1.57 bits per heavy atom. The van der Waals surface area contributed by atoms with Crippen molar-refractivity contribution in [2.45, 2.75) is 0 Å². The average Bonchev–Trinajstić information content (AvgIpc) is 2.59. The number of rotatable bonds is 1. The molecule has 0 atom stereocenters. The number of fused-ring (bicyclic) bond motifs is 1. The summed E-state index contributed by atoms with van der Waals surface area (Å²) in [5, 5.41) is 9.14. The van der Waals surface area contributed by atoms with Gasteiger partial charge in [-0.05, 0) is 12.1 Å². The monoisotopic (exact) mass is 193 g/mol. The van der Waals surface area contributed by atoms with Crippen LogP contribution in [-0.4, -0.2) is 23.2 Å². The molecule has 5 nitrogen and oxygen atoms in total. The zero-order valence-electron chi connectivity index (χ0n) is 7.35. The molecule has 0 unspecified atom stereocenters. The summed E-state index contributed by atoms with van der Waals surface area (Å²) in [5.74, 6) is -0.684. The van der Waals surface area contributed by atoms with Gasteiger partial charge in [-0.3, -0.25) is 0 Å². The minimum Gasteiger partial charge on any atom is -0.508 e. The highest BCUT2D eigenvalue weighted by Gasteiger charge is 2.14. The molecule has 0 aliphatic heterocycles. The van der Waals surface area contributed by atoms with Gasteiger partial charge in [0.2, 0.25) is 0 Å². The maximum Gasteiger partial charge on any atom is 0.394 e. The Balaban J connectivity index is 2.56. The Hall–Kier alpha value is -2.04. The van der Waals surface area contributed by atoms with E-state index in [4.69, 9.17) is 9.52 Å². The summed E-state index contributed by atoms with van der Waals surface area (Å²) in [6.45, 7) is 0. The van der Waals surface area contributed by atoms with Crippen LogP contribution in [0.4, 0.5) is 0 Å². The zero-order valence-corrected chi connectivity index (χ0v) is 7.35. The van der Waals surface area contributed by atoms with E-state index in [0.717, 1.165) is 0 Å². The average molecular weight is 193 g/mol. The summed E-state index contributed by atoms with van der Waals surface area (Å²) < 4.78 is 9.52. The second-order valence-corrected chi connectivity index (χ2v) is 2.66. The standard InChI is InChI=1S/C9H7NO4/c1-13-9(12)8-10-6-4-5(11)2-3-7(6)14-8/h2-4,11H,1H3. The summed E-state index contributed by atoms with van der Waals surface area (Å²) in [7, 11) is 1.24. The lowest BCUT2D eigenvalue weighted by molar-refractivity contribution is 0.0558. The lowest BCUT2D eigenvalue weighted by Gasteiger charge is -1.88. The number of phenols is 1. The first kappa shape index (κ1) is 8.55. The molecule has 2 rings (SSSR count). The summed E-state index contributed by atoms with van der Waals surface area (Å²) in [6, 6.07) is 4.39. The number of aromatic hydroxyl groups is 1.